The van der Waals surface area contributed by atoms with Gasteiger partial charge < -0.3 is 10.2 Å². The molecule has 1 aromatic carbocycles. The van der Waals surface area contributed by atoms with Gasteiger partial charge in [0.15, 0.2) is 0 Å². The lowest BCUT2D eigenvalue weighted by molar-refractivity contribution is 0.194. The smallest absolute Gasteiger partial charge is 0.317 e. The summed E-state index contributed by atoms with van der Waals surface area (Å²) in [5.41, 5.74) is 1.06. The van der Waals surface area contributed by atoms with Gasteiger partial charge in [-0.1, -0.05) is 30.3 Å². The number of carbonyl (C=O) groups is 1. The first-order chi connectivity index (χ1) is 8.15. The van der Waals surface area contributed by atoms with Gasteiger partial charge in [0, 0.05) is 19.6 Å². The van der Waals surface area contributed by atoms with Crippen LogP contribution in [-0.4, -0.2) is 24.0 Å². The molecule has 1 aromatic rings. The summed E-state index contributed by atoms with van der Waals surface area (Å²) in [7, 11) is 1.70. The number of nitrogens with one attached hydrogen (secondary N) is 1. The SMILES string of the molecule is CC(CC#N)N(C)C(=O)NCc1ccccc1. The van der Waals surface area contributed by atoms with Crippen molar-refractivity contribution in [1.29, 1.82) is 5.26 Å². The summed E-state index contributed by atoms with van der Waals surface area (Å²) in [5, 5.41) is 11.4. The van der Waals surface area contributed by atoms with Crippen LogP contribution in [0.2, 0.25) is 0 Å². The van der Waals surface area contributed by atoms with E-state index < -0.39 is 0 Å². The summed E-state index contributed by atoms with van der Waals surface area (Å²) in [4.78, 5) is 13.3. The minimum absolute atomic E-state index is 0.0734. The molecule has 1 unspecified atom stereocenters. The highest BCUT2D eigenvalue weighted by Gasteiger charge is 2.14. The van der Waals surface area contributed by atoms with E-state index in [9.17, 15) is 4.79 Å². The van der Waals surface area contributed by atoms with E-state index >= 15 is 0 Å². The number of urea groups is 1. The molecule has 0 bridgehead atoms. The Kier molecular flexibility index (Phi) is 5.02. The number of rotatable bonds is 4. The van der Waals surface area contributed by atoms with Gasteiger partial charge in [0.05, 0.1) is 12.5 Å². The zero-order chi connectivity index (χ0) is 12.7. The molecule has 1 N–H and O–H groups in total. The van der Waals surface area contributed by atoms with Crippen LogP contribution in [0.3, 0.4) is 0 Å². The Morgan fingerprint density at radius 1 is 1.47 bits per heavy atom. The highest BCUT2D eigenvalue weighted by Crippen LogP contribution is 2.02. The molecule has 4 heteroatoms. The van der Waals surface area contributed by atoms with Crippen molar-refractivity contribution in [3.05, 3.63) is 35.9 Å². The van der Waals surface area contributed by atoms with Crippen LogP contribution in [0.25, 0.3) is 0 Å². The molecule has 0 fully saturated rings. The molecule has 0 radical (unpaired) electrons. The zero-order valence-corrected chi connectivity index (χ0v) is 10.2. The molecule has 1 rings (SSSR count). The van der Waals surface area contributed by atoms with E-state index in [1.807, 2.05) is 37.3 Å². The normalized spacial score (nSPS) is 11.4. The maximum absolute atomic E-state index is 11.7. The Morgan fingerprint density at radius 3 is 2.71 bits per heavy atom. The number of carbonyl (C=O) groups excluding carboxylic acids is 1. The van der Waals surface area contributed by atoms with Gasteiger partial charge in [0.1, 0.15) is 0 Å². The van der Waals surface area contributed by atoms with Crippen LogP contribution in [0, 0.1) is 11.3 Å². The first kappa shape index (κ1) is 13.0. The molecule has 17 heavy (non-hydrogen) atoms. The molecule has 0 saturated carbocycles. The lowest BCUT2D eigenvalue weighted by atomic mass is 10.2. The lowest BCUT2D eigenvalue weighted by Crippen LogP contribution is -2.41. The molecule has 1 atom stereocenters. The fourth-order valence-electron chi connectivity index (χ4n) is 1.37. The number of nitrogens with zero attached hydrogens (tertiary/aromatic N) is 2. The third kappa shape index (κ3) is 4.15. The number of benzene rings is 1. The quantitative estimate of drug-likeness (QED) is 0.863. The first-order valence-electron chi connectivity index (χ1n) is 5.56. The Hall–Kier alpha value is -2.02. The topological polar surface area (TPSA) is 56.1 Å². The molecule has 0 aliphatic carbocycles. The average molecular weight is 231 g/mol. The van der Waals surface area contributed by atoms with Crippen molar-refractivity contribution in [2.45, 2.75) is 25.9 Å². The monoisotopic (exact) mass is 231 g/mol. The second-order valence-electron chi connectivity index (χ2n) is 3.97. The predicted octanol–water partition coefficient (Wildman–Crippen LogP) is 2.13. The summed E-state index contributed by atoms with van der Waals surface area (Å²) in [5.74, 6) is 0. The van der Waals surface area contributed by atoms with Crippen molar-refractivity contribution in [2.24, 2.45) is 0 Å². The summed E-state index contributed by atoms with van der Waals surface area (Å²) >= 11 is 0. The molecule has 0 aliphatic heterocycles. The second-order valence-corrected chi connectivity index (χ2v) is 3.97. The van der Waals surface area contributed by atoms with Gasteiger partial charge in [0.25, 0.3) is 0 Å². The van der Waals surface area contributed by atoms with Crippen molar-refractivity contribution in [3.63, 3.8) is 0 Å². The first-order valence-corrected chi connectivity index (χ1v) is 5.56. The molecule has 90 valence electrons. The van der Waals surface area contributed by atoms with E-state index in [0.29, 0.717) is 13.0 Å². The zero-order valence-electron chi connectivity index (χ0n) is 10.2. The predicted molar refractivity (Wildman–Crippen MR) is 66.1 cm³/mol. The van der Waals surface area contributed by atoms with Gasteiger partial charge in [-0.3, -0.25) is 0 Å². The molecule has 0 spiro atoms. The highest BCUT2D eigenvalue weighted by atomic mass is 16.2. The van der Waals surface area contributed by atoms with Crippen LogP contribution >= 0.6 is 0 Å². The van der Waals surface area contributed by atoms with Gasteiger partial charge >= 0.3 is 6.03 Å². The second kappa shape index (κ2) is 6.54. The van der Waals surface area contributed by atoms with E-state index in [1.165, 1.54) is 0 Å². The Labute approximate surface area is 102 Å². The van der Waals surface area contributed by atoms with Gasteiger partial charge in [-0.25, -0.2) is 4.79 Å². The Bertz CT molecular complexity index is 397. The van der Waals surface area contributed by atoms with Crippen LogP contribution < -0.4 is 5.32 Å². The lowest BCUT2D eigenvalue weighted by Gasteiger charge is -2.23. The van der Waals surface area contributed by atoms with Gasteiger partial charge in [0.2, 0.25) is 0 Å². The fraction of sp³-hybridized carbons (Fsp3) is 0.385. The summed E-state index contributed by atoms with van der Waals surface area (Å²) in [6.45, 7) is 2.36. The van der Waals surface area contributed by atoms with Crippen molar-refractivity contribution >= 4 is 6.03 Å². The molecule has 2 amide bonds. The molecular weight excluding hydrogens is 214 g/mol. The standard InChI is InChI=1S/C13H17N3O/c1-11(8-9-14)16(2)13(17)15-10-12-6-4-3-5-7-12/h3-7,11H,8,10H2,1-2H3,(H,15,17). The Balaban J connectivity index is 2.42. The largest absolute Gasteiger partial charge is 0.334 e. The Morgan fingerprint density at radius 2 is 2.12 bits per heavy atom. The maximum atomic E-state index is 11.7. The number of hydrogen-bond acceptors (Lipinski definition) is 2. The average Bonchev–Trinajstić information content (AvgIpc) is 2.36. The van der Waals surface area contributed by atoms with Crippen LogP contribution in [-0.2, 0) is 6.54 Å². The van der Waals surface area contributed by atoms with Crippen molar-refractivity contribution in [3.8, 4) is 6.07 Å². The van der Waals surface area contributed by atoms with Crippen LogP contribution in [0.15, 0.2) is 30.3 Å². The fourth-order valence-corrected chi connectivity index (χ4v) is 1.37. The van der Waals surface area contributed by atoms with Crippen LogP contribution in [0.4, 0.5) is 4.79 Å². The van der Waals surface area contributed by atoms with Gasteiger partial charge in [-0.05, 0) is 12.5 Å². The number of nitriles is 1. The van der Waals surface area contributed by atoms with Crippen molar-refractivity contribution in [1.82, 2.24) is 10.2 Å². The van der Waals surface area contributed by atoms with E-state index in [-0.39, 0.29) is 12.1 Å². The molecule has 0 aliphatic rings. The molecule has 4 nitrogen and oxygen atoms in total. The van der Waals surface area contributed by atoms with E-state index in [2.05, 4.69) is 11.4 Å². The molecule has 0 saturated heterocycles. The van der Waals surface area contributed by atoms with E-state index in [0.717, 1.165) is 5.56 Å². The summed E-state index contributed by atoms with van der Waals surface area (Å²) < 4.78 is 0. The van der Waals surface area contributed by atoms with E-state index in [1.54, 1.807) is 11.9 Å². The third-order valence-electron chi connectivity index (χ3n) is 2.65. The number of hydrogen-bond donors (Lipinski definition) is 1. The van der Waals surface area contributed by atoms with Crippen LogP contribution in [0.5, 0.6) is 0 Å². The summed E-state index contributed by atoms with van der Waals surface area (Å²) in [6, 6.07) is 11.5. The van der Waals surface area contributed by atoms with Crippen molar-refractivity contribution < 1.29 is 4.79 Å². The maximum Gasteiger partial charge on any atom is 0.317 e. The van der Waals surface area contributed by atoms with Gasteiger partial charge in [-0.15, -0.1) is 0 Å². The van der Waals surface area contributed by atoms with Gasteiger partial charge in [-0.2, -0.15) is 5.26 Å². The molecular formula is C13H17N3O. The minimum atomic E-state index is -0.156. The third-order valence-corrected chi connectivity index (χ3v) is 2.65. The minimum Gasteiger partial charge on any atom is -0.334 e. The number of amides is 2. The highest BCUT2D eigenvalue weighted by molar-refractivity contribution is 5.74. The summed E-state index contributed by atoms with van der Waals surface area (Å²) in [6.07, 6.45) is 0.343. The molecule has 0 aromatic heterocycles. The van der Waals surface area contributed by atoms with Crippen LogP contribution in [0.1, 0.15) is 18.9 Å². The van der Waals surface area contributed by atoms with Crippen molar-refractivity contribution in [2.75, 3.05) is 7.05 Å². The van der Waals surface area contributed by atoms with E-state index in [4.69, 9.17) is 5.26 Å². The molecule has 0 heterocycles.